The SMILES string of the molecule is CN1CCc2ccc(NC(=O)c3ccc(CO)cc3)cc2C1. The number of aliphatic hydroxyl groups is 1. The number of hydrogen-bond donors (Lipinski definition) is 2. The van der Waals surface area contributed by atoms with Gasteiger partial charge in [-0.1, -0.05) is 18.2 Å². The molecule has 22 heavy (non-hydrogen) atoms. The van der Waals surface area contributed by atoms with Gasteiger partial charge in [-0.25, -0.2) is 0 Å². The van der Waals surface area contributed by atoms with Gasteiger partial charge in [0.05, 0.1) is 6.61 Å². The van der Waals surface area contributed by atoms with Gasteiger partial charge in [0.25, 0.3) is 5.91 Å². The molecule has 0 bridgehead atoms. The standard InChI is InChI=1S/C18H20N2O2/c1-20-9-8-14-6-7-17(10-16(14)11-20)19-18(22)15-4-2-13(12-21)3-5-15/h2-7,10,21H,8-9,11-12H2,1H3,(H,19,22). The maximum atomic E-state index is 12.3. The van der Waals surface area contributed by atoms with Crippen molar-refractivity contribution in [1.29, 1.82) is 0 Å². The molecule has 1 amide bonds. The maximum Gasteiger partial charge on any atom is 0.255 e. The summed E-state index contributed by atoms with van der Waals surface area (Å²) in [5.74, 6) is -0.131. The summed E-state index contributed by atoms with van der Waals surface area (Å²) in [5.41, 5.74) is 4.86. The number of benzene rings is 2. The fraction of sp³-hybridized carbons (Fsp3) is 0.278. The second-order valence-electron chi connectivity index (χ2n) is 5.78. The van der Waals surface area contributed by atoms with Crippen LogP contribution in [0.5, 0.6) is 0 Å². The van der Waals surface area contributed by atoms with E-state index in [-0.39, 0.29) is 12.5 Å². The molecule has 4 nitrogen and oxygen atoms in total. The molecule has 2 aromatic carbocycles. The summed E-state index contributed by atoms with van der Waals surface area (Å²) in [7, 11) is 2.11. The highest BCUT2D eigenvalue weighted by atomic mass is 16.3. The predicted octanol–water partition coefficient (Wildman–Crippen LogP) is 2.42. The average Bonchev–Trinajstić information content (AvgIpc) is 2.54. The third kappa shape index (κ3) is 3.18. The molecule has 0 atom stereocenters. The van der Waals surface area contributed by atoms with E-state index in [2.05, 4.69) is 29.4 Å². The Bertz CT molecular complexity index is 680. The summed E-state index contributed by atoms with van der Waals surface area (Å²) in [6.07, 6.45) is 1.06. The van der Waals surface area contributed by atoms with E-state index in [0.717, 1.165) is 30.8 Å². The Hall–Kier alpha value is -2.17. The van der Waals surface area contributed by atoms with Gasteiger partial charge in [0.15, 0.2) is 0 Å². The van der Waals surface area contributed by atoms with Crippen LogP contribution in [-0.4, -0.2) is 29.5 Å². The highest BCUT2D eigenvalue weighted by molar-refractivity contribution is 6.04. The van der Waals surface area contributed by atoms with Crippen molar-refractivity contribution in [3.05, 3.63) is 64.7 Å². The minimum atomic E-state index is -0.131. The van der Waals surface area contributed by atoms with Crippen molar-refractivity contribution in [2.75, 3.05) is 18.9 Å². The second kappa shape index (κ2) is 6.30. The van der Waals surface area contributed by atoms with Crippen molar-refractivity contribution >= 4 is 11.6 Å². The Balaban J connectivity index is 1.74. The van der Waals surface area contributed by atoms with Crippen LogP contribution in [0.4, 0.5) is 5.69 Å². The molecule has 0 saturated heterocycles. The van der Waals surface area contributed by atoms with Crippen LogP contribution < -0.4 is 5.32 Å². The molecular weight excluding hydrogens is 276 g/mol. The van der Waals surface area contributed by atoms with Crippen molar-refractivity contribution in [3.63, 3.8) is 0 Å². The van der Waals surface area contributed by atoms with Gasteiger partial charge >= 0.3 is 0 Å². The summed E-state index contributed by atoms with van der Waals surface area (Å²) in [6, 6.07) is 13.1. The Morgan fingerprint density at radius 3 is 2.68 bits per heavy atom. The third-order valence-corrected chi connectivity index (χ3v) is 4.07. The molecule has 0 radical (unpaired) electrons. The van der Waals surface area contributed by atoms with E-state index in [1.165, 1.54) is 11.1 Å². The lowest BCUT2D eigenvalue weighted by Gasteiger charge is -2.25. The predicted molar refractivity (Wildman–Crippen MR) is 86.8 cm³/mol. The van der Waals surface area contributed by atoms with Crippen molar-refractivity contribution in [3.8, 4) is 0 Å². The lowest BCUT2D eigenvalue weighted by atomic mass is 9.99. The Morgan fingerprint density at radius 1 is 1.18 bits per heavy atom. The van der Waals surface area contributed by atoms with E-state index in [0.29, 0.717) is 5.56 Å². The Morgan fingerprint density at radius 2 is 1.95 bits per heavy atom. The Labute approximate surface area is 130 Å². The molecule has 0 saturated carbocycles. The summed E-state index contributed by atoms with van der Waals surface area (Å²) >= 11 is 0. The lowest BCUT2D eigenvalue weighted by Crippen LogP contribution is -2.26. The zero-order valence-corrected chi connectivity index (χ0v) is 12.7. The number of likely N-dealkylation sites (N-methyl/N-ethyl adjacent to an activating group) is 1. The number of rotatable bonds is 3. The number of carbonyl (C=O) groups excluding carboxylic acids is 1. The molecule has 2 aromatic rings. The van der Waals surface area contributed by atoms with Crippen molar-refractivity contribution in [1.82, 2.24) is 4.90 Å². The van der Waals surface area contributed by atoms with Gasteiger partial charge in [0.1, 0.15) is 0 Å². The van der Waals surface area contributed by atoms with E-state index in [4.69, 9.17) is 5.11 Å². The highest BCUT2D eigenvalue weighted by Crippen LogP contribution is 2.22. The minimum Gasteiger partial charge on any atom is -0.392 e. The zero-order chi connectivity index (χ0) is 15.5. The second-order valence-corrected chi connectivity index (χ2v) is 5.78. The molecule has 0 aliphatic carbocycles. The largest absolute Gasteiger partial charge is 0.392 e. The van der Waals surface area contributed by atoms with Crippen LogP contribution >= 0.6 is 0 Å². The van der Waals surface area contributed by atoms with Gasteiger partial charge in [-0.3, -0.25) is 4.79 Å². The monoisotopic (exact) mass is 296 g/mol. The van der Waals surface area contributed by atoms with Gasteiger partial charge in [-0.05, 0) is 54.4 Å². The summed E-state index contributed by atoms with van der Waals surface area (Å²) in [5, 5.41) is 12.0. The number of carbonyl (C=O) groups is 1. The first kappa shape index (κ1) is 14.8. The van der Waals surface area contributed by atoms with Crippen LogP contribution in [0.15, 0.2) is 42.5 Å². The molecule has 0 spiro atoms. The van der Waals surface area contributed by atoms with Gasteiger partial charge in [-0.2, -0.15) is 0 Å². The zero-order valence-electron chi connectivity index (χ0n) is 12.7. The number of amides is 1. The molecule has 1 aliphatic rings. The lowest BCUT2D eigenvalue weighted by molar-refractivity contribution is 0.102. The number of nitrogens with zero attached hydrogens (tertiary/aromatic N) is 1. The van der Waals surface area contributed by atoms with Crippen LogP contribution in [0.2, 0.25) is 0 Å². The molecule has 1 heterocycles. The topological polar surface area (TPSA) is 52.6 Å². The summed E-state index contributed by atoms with van der Waals surface area (Å²) < 4.78 is 0. The summed E-state index contributed by atoms with van der Waals surface area (Å²) in [6.45, 7) is 1.99. The van der Waals surface area contributed by atoms with E-state index in [1.807, 2.05) is 6.07 Å². The smallest absolute Gasteiger partial charge is 0.255 e. The molecule has 0 aromatic heterocycles. The first-order valence-electron chi connectivity index (χ1n) is 7.47. The fourth-order valence-electron chi connectivity index (χ4n) is 2.74. The fourth-order valence-corrected chi connectivity index (χ4v) is 2.74. The van der Waals surface area contributed by atoms with Crippen LogP contribution in [0.1, 0.15) is 27.0 Å². The summed E-state index contributed by atoms with van der Waals surface area (Å²) in [4.78, 5) is 14.5. The molecule has 0 unspecified atom stereocenters. The van der Waals surface area contributed by atoms with Gasteiger partial charge in [0, 0.05) is 24.3 Å². The maximum absolute atomic E-state index is 12.3. The van der Waals surface area contributed by atoms with Crippen LogP contribution in [0.3, 0.4) is 0 Å². The average molecular weight is 296 g/mol. The van der Waals surface area contributed by atoms with Crippen LogP contribution in [0, 0.1) is 0 Å². The van der Waals surface area contributed by atoms with Crippen LogP contribution in [-0.2, 0) is 19.6 Å². The number of aliphatic hydroxyl groups excluding tert-OH is 1. The van der Waals surface area contributed by atoms with Gasteiger partial charge in [0.2, 0.25) is 0 Å². The van der Waals surface area contributed by atoms with E-state index in [9.17, 15) is 4.79 Å². The molecular formula is C18H20N2O2. The number of nitrogens with one attached hydrogen (secondary N) is 1. The molecule has 2 N–H and O–H groups in total. The molecule has 1 aliphatic heterocycles. The van der Waals surface area contributed by atoms with Gasteiger partial charge < -0.3 is 15.3 Å². The third-order valence-electron chi connectivity index (χ3n) is 4.07. The number of fused-ring (bicyclic) bond motifs is 1. The molecule has 0 fully saturated rings. The quantitative estimate of drug-likeness (QED) is 0.914. The molecule has 4 heteroatoms. The first-order valence-corrected chi connectivity index (χ1v) is 7.47. The van der Waals surface area contributed by atoms with E-state index in [1.54, 1.807) is 24.3 Å². The first-order chi connectivity index (χ1) is 10.7. The van der Waals surface area contributed by atoms with E-state index < -0.39 is 0 Å². The van der Waals surface area contributed by atoms with Crippen molar-refractivity contribution in [2.45, 2.75) is 19.6 Å². The highest BCUT2D eigenvalue weighted by Gasteiger charge is 2.14. The normalized spacial score (nSPS) is 14.5. The Kier molecular flexibility index (Phi) is 4.22. The number of hydrogen-bond acceptors (Lipinski definition) is 3. The minimum absolute atomic E-state index is 0.0137. The van der Waals surface area contributed by atoms with Crippen LogP contribution in [0.25, 0.3) is 0 Å². The molecule has 3 rings (SSSR count). The van der Waals surface area contributed by atoms with Crippen molar-refractivity contribution in [2.24, 2.45) is 0 Å². The van der Waals surface area contributed by atoms with Gasteiger partial charge in [-0.15, -0.1) is 0 Å². The van der Waals surface area contributed by atoms with Crippen molar-refractivity contribution < 1.29 is 9.90 Å². The molecule has 114 valence electrons. The number of anilines is 1. The van der Waals surface area contributed by atoms with E-state index >= 15 is 0 Å².